The zero-order chi connectivity index (χ0) is 33.3. The molecular formula is C34H42N4O7. The largest absolute Gasteiger partial charge is 0.505 e. The van der Waals surface area contributed by atoms with Crippen LogP contribution in [-0.2, 0) is 37.6 Å². The molecule has 6 atom stereocenters. The molecule has 3 aliphatic carbocycles. The van der Waals surface area contributed by atoms with Crippen molar-refractivity contribution in [2.75, 3.05) is 38.4 Å². The zero-order valence-corrected chi connectivity index (χ0v) is 26.8. The molecular weight excluding hydrogens is 576 g/mol. The van der Waals surface area contributed by atoms with Crippen LogP contribution in [0.15, 0.2) is 30.3 Å². The van der Waals surface area contributed by atoms with E-state index < -0.39 is 64.4 Å². The molecule has 0 radical (unpaired) electrons. The monoisotopic (exact) mass is 618 g/mol. The number of amides is 1. The number of nitrogens with one attached hydrogen (secondary N) is 1. The fourth-order valence-electron chi connectivity index (χ4n) is 7.51. The van der Waals surface area contributed by atoms with E-state index in [1.54, 1.807) is 20.2 Å². The molecule has 1 amide bonds. The van der Waals surface area contributed by atoms with Crippen molar-refractivity contribution in [3.63, 3.8) is 0 Å². The highest BCUT2D eigenvalue weighted by atomic mass is 16.3. The number of likely N-dealkylation sites (N-methyl/N-ethyl adjacent to an activating group) is 1. The van der Waals surface area contributed by atoms with Crippen LogP contribution in [0.25, 0.3) is 0 Å². The third-order valence-electron chi connectivity index (χ3n) is 9.82. The summed E-state index contributed by atoms with van der Waals surface area (Å²) >= 11 is 0. The number of carbonyl (C=O) groups excluding carboxylic acids is 5. The summed E-state index contributed by atoms with van der Waals surface area (Å²) < 4.78 is 0. The maximum absolute atomic E-state index is 14.2. The smallest absolute Gasteiger partial charge is 0.235 e. The number of hydrogen-bond donors (Lipinski definition) is 4. The van der Waals surface area contributed by atoms with E-state index >= 15 is 0 Å². The van der Waals surface area contributed by atoms with Crippen molar-refractivity contribution in [2.45, 2.75) is 57.2 Å². The Hall–Kier alpha value is -4.09. The van der Waals surface area contributed by atoms with Crippen LogP contribution in [0.2, 0.25) is 0 Å². The normalized spacial score (nSPS) is 28.0. The second-order valence-corrected chi connectivity index (χ2v) is 14.1. The Morgan fingerprint density at radius 1 is 1.04 bits per heavy atom. The van der Waals surface area contributed by atoms with Gasteiger partial charge in [0.2, 0.25) is 5.91 Å². The van der Waals surface area contributed by atoms with E-state index in [9.17, 15) is 34.2 Å². The number of anilines is 2. The minimum absolute atomic E-state index is 0.00207. The van der Waals surface area contributed by atoms with Gasteiger partial charge in [0, 0.05) is 32.2 Å². The molecule has 45 heavy (non-hydrogen) atoms. The fraction of sp³-hybridized carbons (Fsp3) is 0.500. The average molecular weight is 619 g/mol. The Labute approximate surface area is 262 Å². The van der Waals surface area contributed by atoms with E-state index in [1.165, 1.54) is 10.5 Å². The van der Waals surface area contributed by atoms with Crippen LogP contribution in [-0.4, -0.2) is 84.0 Å². The summed E-state index contributed by atoms with van der Waals surface area (Å²) in [6.07, 6.45) is 0.198. The van der Waals surface area contributed by atoms with Crippen molar-refractivity contribution < 1.29 is 34.2 Å². The predicted octanol–water partition coefficient (Wildman–Crippen LogP) is 1.84. The van der Waals surface area contributed by atoms with Gasteiger partial charge in [0.25, 0.3) is 0 Å². The van der Waals surface area contributed by atoms with Gasteiger partial charge in [-0.1, -0.05) is 45.0 Å². The summed E-state index contributed by atoms with van der Waals surface area (Å²) in [5.41, 5.74) is 6.25. The quantitative estimate of drug-likeness (QED) is 0.277. The summed E-state index contributed by atoms with van der Waals surface area (Å²) in [5, 5.41) is 26.5. The first kappa shape index (κ1) is 32.3. The van der Waals surface area contributed by atoms with Gasteiger partial charge in [0.05, 0.1) is 23.2 Å². The summed E-state index contributed by atoms with van der Waals surface area (Å²) in [6, 6.07) is 8.72. The van der Waals surface area contributed by atoms with Crippen molar-refractivity contribution in [1.29, 1.82) is 0 Å². The van der Waals surface area contributed by atoms with Gasteiger partial charge in [-0.05, 0) is 61.0 Å². The molecule has 0 saturated heterocycles. The number of hydrogen-bond acceptors (Lipinski definition) is 10. The Morgan fingerprint density at radius 2 is 1.67 bits per heavy atom. The second-order valence-electron chi connectivity index (χ2n) is 14.1. The van der Waals surface area contributed by atoms with Crippen molar-refractivity contribution >= 4 is 40.4 Å². The van der Waals surface area contributed by atoms with Gasteiger partial charge in [-0.25, -0.2) is 0 Å². The maximum atomic E-state index is 14.2. The lowest BCUT2D eigenvalue weighted by atomic mass is 9.52. The number of nitrogens with two attached hydrogens (primary N) is 1. The number of aliphatic hydroxyl groups is 1. The minimum Gasteiger partial charge on any atom is -0.505 e. The molecule has 2 unspecified atom stereocenters. The molecule has 0 heterocycles. The van der Waals surface area contributed by atoms with E-state index in [0.717, 1.165) is 5.56 Å². The number of Topliss-reactive ketones (excluding diaryl/α,β-unsaturated/α-hetero) is 4. The van der Waals surface area contributed by atoms with Crippen LogP contribution in [0.4, 0.5) is 11.4 Å². The molecule has 0 bridgehead atoms. The molecule has 11 heteroatoms. The van der Waals surface area contributed by atoms with Gasteiger partial charge < -0.3 is 26.2 Å². The van der Waals surface area contributed by atoms with Crippen molar-refractivity contribution in [3.05, 3.63) is 52.6 Å². The minimum atomic E-state index is -2.76. The highest BCUT2D eigenvalue weighted by Crippen LogP contribution is 2.52. The molecule has 0 aliphatic heterocycles. The molecule has 2 fully saturated rings. The number of rotatable bonds is 6. The zero-order valence-electron chi connectivity index (χ0n) is 26.8. The fourth-order valence-corrected chi connectivity index (χ4v) is 7.51. The lowest BCUT2D eigenvalue weighted by Crippen LogP contribution is -2.74. The van der Waals surface area contributed by atoms with Crippen molar-refractivity contribution in [1.82, 2.24) is 4.90 Å². The van der Waals surface area contributed by atoms with Gasteiger partial charge in [0.15, 0.2) is 34.7 Å². The highest BCUT2D eigenvalue weighted by Gasteiger charge is 2.69. The third-order valence-corrected chi connectivity index (χ3v) is 9.82. The summed E-state index contributed by atoms with van der Waals surface area (Å²) in [4.78, 5) is 70.7. The lowest BCUT2D eigenvalue weighted by Gasteiger charge is -2.52. The third kappa shape index (κ3) is 5.02. The standard InChI is InChI=1S/C34H42N4O7/c1-33(2,3)18-10-8-16(9-11-18)15-36-21-14-22(37(4)5)19-12-17-13-20-26(38(6)7)29(41)25(32(35)44)31(43)34(20,45)30(42)23(17)28(40)24(19)27(21)39/h8-11,14,17,20,23,25-26,36,39,45H,12-13,15H2,1-7H3,(H2,35,44)/t17-,20-,23?,25?,26-,34-/m0/s1. The van der Waals surface area contributed by atoms with Crippen LogP contribution in [0.3, 0.4) is 0 Å². The molecule has 11 nitrogen and oxygen atoms in total. The Morgan fingerprint density at radius 3 is 2.20 bits per heavy atom. The van der Waals surface area contributed by atoms with Crippen LogP contribution < -0.4 is 16.0 Å². The Balaban J connectivity index is 1.55. The number of nitrogens with zero attached hydrogens (tertiary/aromatic N) is 2. The van der Waals surface area contributed by atoms with E-state index in [4.69, 9.17) is 5.73 Å². The molecule has 2 saturated carbocycles. The van der Waals surface area contributed by atoms with Crippen LogP contribution >= 0.6 is 0 Å². The van der Waals surface area contributed by atoms with Crippen LogP contribution in [0.1, 0.15) is 54.2 Å². The van der Waals surface area contributed by atoms with Crippen molar-refractivity contribution in [2.24, 2.45) is 29.4 Å². The molecule has 0 aromatic heterocycles. The Bertz CT molecular complexity index is 1610. The van der Waals surface area contributed by atoms with Gasteiger partial charge in [-0.15, -0.1) is 0 Å². The molecule has 2 aromatic rings. The maximum Gasteiger partial charge on any atom is 0.235 e. The van der Waals surface area contributed by atoms with E-state index in [1.807, 2.05) is 31.1 Å². The summed E-state index contributed by atoms with van der Waals surface area (Å²) in [7, 11) is 6.75. The first-order chi connectivity index (χ1) is 20.9. The Kier molecular flexibility index (Phi) is 7.94. The van der Waals surface area contributed by atoms with E-state index in [2.05, 4.69) is 38.2 Å². The number of phenols is 1. The van der Waals surface area contributed by atoms with Gasteiger partial charge in [0.1, 0.15) is 5.75 Å². The van der Waals surface area contributed by atoms with E-state index in [0.29, 0.717) is 23.5 Å². The first-order valence-electron chi connectivity index (χ1n) is 15.1. The number of primary amides is 1. The predicted molar refractivity (Wildman–Crippen MR) is 168 cm³/mol. The molecule has 3 aliphatic rings. The number of fused-ring (bicyclic) bond motifs is 3. The van der Waals surface area contributed by atoms with Gasteiger partial charge in [-0.2, -0.15) is 0 Å². The lowest BCUT2D eigenvalue weighted by molar-refractivity contribution is -0.181. The molecule has 5 N–H and O–H groups in total. The number of ketones is 4. The van der Waals surface area contributed by atoms with Crippen LogP contribution in [0, 0.1) is 23.7 Å². The number of carbonyl (C=O) groups is 5. The van der Waals surface area contributed by atoms with E-state index in [-0.39, 0.29) is 29.6 Å². The first-order valence-corrected chi connectivity index (χ1v) is 15.1. The number of aromatic hydroxyl groups is 1. The second kappa shape index (κ2) is 11.1. The molecule has 240 valence electrons. The molecule has 2 aromatic carbocycles. The van der Waals surface area contributed by atoms with Gasteiger partial charge >= 0.3 is 0 Å². The van der Waals surface area contributed by atoms with Crippen LogP contribution in [0.5, 0.6) is 5.75 Å². The number of phenolic OH excluding ortho intramolecular Hbond substituents is 1. The topological polar surface area (TPSA) is 170 Å². The summed E-state index contributed by atoms with van der Waals surface area (Å²) in [5.74, 6) is -10.7. The number of benzene rings is 2. The highest BCUT2D eigenvalue weighted by molar-refractivity contribution is 6.32. The molecule has 0 spiro atoms. The molecule has 5 rings (SSSR count). The SMILES string of the molecule is CN(C)c1cc(NCc2ccc(C(C)(C)C)cc2)c(O)c2c1C[C@H]1C[C@H]3[C@H](N(C)C)C(=O)C(C(N)=O)C(=O)[C@@]3(O)C(=O)C1C2=O. The van der Waals surface area contributed by atoms with Crippen molar-refractivity contribution in [3.8, 4) is 5.75 Å². The summed E-state index contributed by atoms with van der Waals surface area (Å²) in [6.45, 7) is 6.75. The average Bonchev–Trinajstić information content (AvgIpc) is 2.93. The van der Waals surface area contributed by atoms with Gasteiger partial charge in [-0.3, -0.25) is 28.9 Å².